The monoisotopic (exact) mass is 402 g/mol. The lowest BCUT2D eigenvalue weighted by Gasteiger charge is -2.35. The highest BCUT2D eigenvalue weighted by Gasteiger charge is 2.23. The highest BCUT2D eigenvalue weighted by atomic mass is 32.2. The lowest BCUT2D eigenvalue weighted by Crippen LogP contribution is -2.48. The third-order valence-corrected chi connectivity index (χ3v) is 6.52. The van der Waals surface area contributed by atoms with E-state index in [0.29, 0.717) is 18.7 Å². The number of carbonyl (C=O) groups excluding carboxylic acids is 1. The zero-order valence-corrected chi connectivity index (χ0v) is 16.7. The van der Waals surface area contributed by atoms with Crippen molar-refractivity contribution in [3.05, 3.63) is 45.6 Å². The van der Waals surface area contributed by atoms with Gasteiger partial charge >= 0.3 is 0 Å². The molecule has 9 heteroatoms. The number of carbonyl (C=O) groups is 1. The number of nitrogens with one attached hydrogen (secondary N) is 2. The van der Waals surface area contributed by atoms with Crippen molar-refractivity contribution in [3.8, 4) is 0 Å². The van der Waals surface area contributed by atoms with Gasteiger partial charge in [0.05, 0.1) is 24.0 Å². The molecule has 28 heavy (non-hydrogen) atoms. The van der Waals surface area contributed by atoms with Gasteiger partial charge in [-0.05, 0) is 30.7 Å². The van der Waals surface area contributed by atoms with E-state index in [0.717, 1.165) is 61.5 Å². The van der Waals surface area contributed by atoms with Gasteiger partial charge in [0.25, 0.3) is 11.5 Å². The van der Waals surface area contributed by atoms with Crippen LogP contribution in [0.3, 0.4) is 0 Å². The van der Waals surface area contributed by atoms with Gasteiger partial charge in [0.2, 0.25) is 0 Å². The Labute approximate surface area is 168 Å². The summed E-state index contributed by atoms with van der Waals surface area (Å²) in [4.78, 5) is 26.9. The first-order chi connectivity index (χ1) is 13.7. The van der Waals surface area contributed by atoms with E-state index < -0.39 is 0 Å². The number of hydrogen-bond acceptors (Lipinski definition) is 6. The number of H-pyrrole nitrogens is 1. The molecule has 0 aliphatic carbocycles. The number of piperidine rings is 1. The number of aromatic amines is 1. The summed E-state index contributed by atoms with van der Waals surface area (Å²) in [6.45, 7) is 2.95. The topological polar surface area (TPSA) is 95.9 Å². The van der Waals surface area contributed by atoms with Crippen molar-refractivity contribution >= 4 is 17.7 Å². The Kier molecular flexibility index (Phi) is 6.11. The number of aryl methyl sites for hydroxylation is 1. The Hall–Kier alpha value is -2.13. The number of aromatic nitrogens is 4. The highest BCUT2D eigenvalue weighted by molar-refractivity contribution is 7.98. The summed E-state index contributed by atoms with van der Waals surface area (Å²) in [5.74, 6) is 1.86. The van der Waals surface area contributed by atoms with E-state index in [1.165, 1.54) is 6.20 Å². The third kappa shape index (κ3) is 4.47. The maximum Gasteiger partial charge on any atom is 0.267 e. The van der Waals surface area contributed by atoms with E-state index in [-0.39, 0.29) is 17.5 Å². The molecular weight excluding hydrogens is 376 g/mol. The largest absolute Gasteiger partial charge is 0.350 e. The summed E-state index contributed by atoms with van der Waals surface area (Å²) >= 11 is 1.86. The first-order valence-corrected chi connectivity index (χ1v) is 11.0. The van der Waals surface area contributed by atoms with Crippen LogP contribution in [-0.4, -0.2) is 62.2 Å². The third-order valence-electron chi connectivity index (χ3n) is 5.51. The number of thioether (sulfide) groups is 1. The number of amides is 1. The molecule has 0 aromatic carbocycles. The zero-order valence-electron chi connectivity index (χ0n) is 15.9. The van der Waals surface area contributed by atoms with Crippen LogP contribution in [0.25, 0.3) is 0 Å². The normalized spacial score (nSPS) is 19.9. The van der Waals surface area contributed by atoms with Crippen molar-refractivity contribution in [2.75, 3.05) is 25.4 Å². The molecule has 4 heterocycles. The van der Waals surface area contributed by atoms with Crippen LogP contribution in [0.5, 0.6) is 0 Å². The van der Waals surface area contributed by atoms with E-state index in [1.54, 1.807) is 16.9 Å². The second-order valence-electron chi connectivity index (χ2n) is 7.36. The van der Waals surface area contributed by atoms with Gasteiger partial charge in [-0.1, -0.05) is 6.42 Å². The quantitative estimate of drug-likeness (QED) is 0.750. The molecule has 0 radical (unpaired) electrons. The SMILES string of the molecule is O=C(NCC1CCCCN1CCn1nc2c(cc1=O)CSCC2)c1cn[nH]c1. The maximum absolute atomic E-state index is 12.4. The molecule has 4 rings (SSSR count). The van der Waals surface area contributed by atoms with Gasteiger partial charge in [-0.2, -0.15) is 22.0 Å². The van der Waals surface area contributed by atoms with Crippen LogP contribution < -0.4 is 10.9 Å². The van der Waals surface area contributed by atoms with Gasteiger partial charge in [-0.25, -0.2) is 4.68 Å². The van der Waals surface area contributed by atoms with Crippen molar-refractivity contribution in [1.82, 2.24) is 30.2 Å². The minimum atomic E-state index is -0.107. The lowest BCUT2D eigenvalue weighted by molar-refractivity contribution is 0.0909. The molecule has 0 spiro atoms. The summed E-state index contributed by atoms with van der Waals surface area (Å²) in [5.41, 5.74) is 2.70. The van der Waals surface area contributed by atoms with E-state index >= 15 is 0 Å². The fraction of sp³-hybridized carbons (Fsp3) is 0.579. The second-order valence-corrected chi connectivity index (χ2v) is 8.47. The Balaban J connectivity index is 1.36. The molecule has 1 saturated heterocycles. The minimum absolute atomic E-state index is 0.0110. The van der Waals surface area contributed by atoms with Crippen LogP contribution in [0.15, 0.2) is 23.3 Å². The fourth-order valence-corrected chi connectivity index (χ4v) is 4.86. The molecular formula is C19H26N6O2S. The Morgan fingerprint density at radius 2 is 2.29 bits per heavy atom. The molecule has 2 aliphatic rings. The fourth-order valence-electron chi connectivity index (χ4n) is 3.91. The predicted octanol–water partition coefficient (Wildman–Crippen LogP) is 1.04. The molecule has 150 valence electrons. The summed E-state index contributed by atoms with van der Waals surface area (Å²) in [6, 6.07) is 2.04. The second kappa shape index (κ2) is 8.91. The van der Waals surface area contributed by atoms with Crippen LogP contribution in [-0.2, 0) is 18.7 Å². The standard InChI is InChI=1S/C19H26N6O2S/c26-18-9-14-13-28-8-4-17(14)23-25(18)7-6-24-5-2-1-3-16(24)12-20-19(27)15-10-21-22-11-15/h9-11,16H,1-8,12-13H2,(H,20,27)(H,21,22). The highest BCUT2D eigenvalue weighted by Crippen LogP contribution is 2.21. The minimum Gasteiger partial charge on any atom is -0.350 e. The summed E-state index contributed by atoms with van der Waals surface area (Å²) in [7, 11) is 0. The van der Waals surface area contributed by atoms with Crippen LogP contribution in [0.2, 0.25) is 0 Å². The molecule has 0 bridgehead atoms. The van der Waals surface area contributed by atoms with Crippen molar-refractivity contribution in [3.63, 3.8) is 0 Å². The van der Waals surface area contributed by atoms with Crippen molar-refractivity contribution < 1.29 is 4.79 Å². The van der Waals surface area contributed by atoms with Gasteiger partial charge in [-0.3, -0.25) is 19.6 Å². The van der Waals surface area contributed by atoms with Crippen LogP contribution in [0.4, 0.5) is 0 Å². The molecule has 1 amide bonds. The van der Waals surface area contributed by atoms with Gasteiger partial charge < -0.3 is 5.32 Å². The molecule has 0 saturated carbocycles. The van der Waals surface area contributed by atoms with Gasteiger partial charge in [0.1, 0.15) is 0 Å². The molecule has 2 aromatic heterocycles. The average molecular weight is 403 g/mol. The average Bonchev–Trinajstić information content (AvgIpc) is 3.26. The molecule has 2 N–H and O–H groups in total. The number of fused-ring (bicyclic) bond motifs is 1. The number of rotatable bonds is 6. The molecule has 2 aromatic rings. The predicted molar refractivity (Wildman–Crippen MR) is 108 cm³/mol. The first-order valence-electron chi connectivity index (χ1n) is 9.89. The molecule has 2 aliphatic heterocycles. The molecule has 1 unspecified atom stereocenters. The lowest BCUT2D eigenvalue weighted by atomic mass is 10.0. The van der Waals surface area contributed by atoms with E-state index in [4.69, 9.17) is 0 Å². The van der Waals surface area contributed by atoms with Gasteiger partial charge in [0.15, 0.2) is 0 Å². The van der Waals surface area contributed by atoms with Crippen LogP contribution >= 0.6 is 11.8 Å². The zero-order chi connectivity index (χ0) is 19.3. The summed E-state index contributed by atoms with van der Waals surface area (Å²) in [6.07, 6.45) is 7.43. The number of nitrogens with zero attached hydrogens (tertiary/aromatic N) is 4. The number of hydrogen-bond donors (Lipinski definition) is 2. The van der Waals surface area contributed by atoms with Gasteiger partial charge in [-0.15, -0.1) is 0 Å². The Morgan fingerprint density at radius 3 is 3.14 bits per heavy atom. The van der Waals surface area contributed by atoms with E-state index in [2.05, 4.69) is 25.5 Å². The van der Waals surface area contributed by atoms with Crippen LogP contribution in [0.1, 0.15) is 40.9 Å². The summed E-state index contributed by atoms with van der Waals surface area (Å²) in [5, 5.41) is 14.1. The Bertz CT molecular complexity index is 866. The number of likely N-dealkylation sites (tertiary alicyclic amines) is 1. The van der Waals surface area contributed by atoms with E-state index in [9.17, 15) is 9.59 Å². The maximum atomic E-state index is 12.4. The Morgan fingerprint density at radius 1 is 1.36 bits per heavy atom. The molecule has 8 nitrogen and oxygen atoms in total. The summed E-state index contributed by atoms with van der Waals surface area (Å²) < 4.78 is 1.62. The van der Waals surface area contributed by atoms with Gasteiger partial charge in [0, 0.05) is 43.6 Å². The first kappa shape index (κ1) is 19.2. The van der Waals surface area contributed by atoms with Crippen LogP contribution in [0, 0.1) is 0 Å². The van der Waals surface area contributed by atoms with Crippen molar-refractivity contribution in [1.29, 1.82) is 0 Å². The smallest absolute Gasteiger partial charge is 0.267 e. The van der Waals surface area contributed by atoms with E-state index in [1.807, 2.05) is 11.8 Å². The molecule has 1 atom stereocenters. The van der Waals surface area contributed by atoms with Crippen molar-refractivity contribution in [2.24, 2.45) is 0 Å². The van der Waals surface area contributed by atoms with Crippen molar-refractivity contribution in [2.45, 2.75) is 44.0 Å². The molecule has 1 fully saturated rings.